The van der Waals surface area contributed by atoms with Crippen LogP contribution in [-0.2, 0) is 0 Å². The summed E-state index contributed by atoms with van der Waals surface area (Å²) in [5.74, 6) is 0.382. The lowest BCUT2D eigenvalue weighted by molar-refractivity contribution is -0.383. The number of nitrogens with one attached hydrogen (secondary N) is 2. The summed E-state index contributed by atoms with van der Waals surface area (Å²) in [7, 11) is 3.13. The molecule has 0 radical (unpaired) electrons. The molecule has 2 aromatic carbocycles. The van der Waals surface area contributed by atoms with E-state index in [1.165, 1.54) is 19.3 Å². The van der Waals surface area contributed by atoms with Crippen LogP contribution in [0.5, 0.6) is 5.75 Å². The number of carbonyl (C=O) groups excluding carboxylic acids is 1. The second-order valence-electron chi connectivity index (χ2n) is 5.95. The van der Waals surface area contributed by atoms with Crippen molar-refractivity contribution in [3.63, 3.8) is 0 Å². The Labute approximate surface area is 168 Å². The Hall–Kier alpha value is -3.72. The normalized spacial score (nSPS) is 12.1. The highest BCUT2D eigenvalue weighted by Gasteiger charge is 2.12. The Morgan fingerprint density at radius 1 is 1.24 bits per heavy atom. The van der Waals surface area contributed by atoms with E-state index in [0.29, 0.717) is 31.8 Å². The molecule has 0 amide bonds. The van der Waals surface area contributed by atoms with Gasteiger partial charge in [0.05, 0.1) is 21.2 Å². The Morgan fingerprint density at radius 2 is 1.97 bits per heavy atom. The quantitative estimate of drug-likeness (QED) is 0.364. The van der Waals surface area contributed by atoms with E-state index in [9.17, 15) is 19.7 Å². The van der Waals surface area contributed by atoms with Gasteiger partial charge in [-0.25, -0.2) is 0 Å². The lowest BCUT2D eigenvalue weighted by atomic mass is 10.1. The number of anilines is 1. The highest BCUT2D eigenvalue weighted by Crippen LogP contribution is 2.25. The maximum Gasteiger partial charge on any atom is 0.292 e. The first-order valence-electron chi connectivity index (χ1n) is 8.48. The zero-order valence-corrected chi connectivity index (χ0v) is 16.4. The summed E-state index contributed by atoms with van der Waals surface area (Å²) >= 11 is 1.10. The van der Waals surface area contributed by atoms with Gasteiger partial charge < -0.3 is 15.0 Å². The number of rotatable bonds is 6. The van der Waals surface area contributed by atoms with Crippen LogP contribution in [0.4, 0.5) is 11.4 Å². The second kappa shape index (κ2) is 8.53. The van der Waals surface area contributed by atoms with Gasteiger partial charge in [0.1, 0.15) is 11.4 Å². The zero-order valence-electron chi connectivity index (χ0n) is 15.6. The summed E-state index contributed by atoms with van der Waals surface area (Å²) in [4.78, 5) is 37.9. The lowest BCUT2D eigenvalue weighted by Crippen LogP contribution is -2.20. The molecule has 0 unspecified atom stereocenters. The first kappa shape index (κ1) is 20.0. The molecule has 3 rings (SSSR count). The Kier molecular flexibility index (Phi) is 5.89. The Bertz CT molecular complexity index is 1240. The van der Waals surface area contributed by atoms with Gasteiger partial charge in [-0.3, -0.25) is 19.7 Å². The topological polar surface area (TPSA) is 114 Å². The Morgan fingerprint density at radius 3 is 2.59 bits per heavy atom. The van der Waals surface area contributed by atoms with Crippen molar-refractivity contribution in [3.8, 4) is 5.75 Å². The summed E-state index contributed by atoms with van der Waals surface area (Å²) < 4.78 is 5.79. The van der Waals surface area contributed by atoms with Crippen LogP contribution in [0.2, 0.25) is 0 Å². The molecule has 0 aliphatic carbocycles. The second-order valence-corrected chi connectivity index (χ2v) is 7.03. The third kappa shape index (κ3) is 4.58. The van der Waals surface area contributed by atoms with Crippen LogP contribution in [0, 0.1) is 10.1 Å². The van der Waals surface area contributed by atoms with Crippen LogP contribution in [0.3, 0.4) is 0 Å². The number of hydrogen-bond donors (Lipinski definition) is 2. The molecular formula is C20H17N3O5S. The first-order chi connectivity index (χ1) is 13.9. The molecule has 29 heavy (non-hydrogen) atoms. The molecule has 9 heteroatoms. The van der Waals surface area contributed by atoms with E-state index < -0.39 is 4.92 Å². The first-order valence-corrected chi connectivity index (χ1v) is 9.30. The number of hydrogen-bond acceptors (Lipinski definition) is 7. The number of ketones is 1. The van der Waals surface area contributed by atoms with Gasteiger partial charge in [0, 0.05) is 24.8 Å². The van der Waals surface area contributed by atoms with Crippen LogP contribution in [0.25, 0.3) is 12.2 Å². The monoisotopic (exact) mass is 411 g/mol. The van der Waals surface area contributed by atoms with Crippen molar-refractivity contribution < 1.29 is 14.5 Å². The van der Waals surface area contributed by atoms with Crippen LogP contribution in [0.15, 0.2) is 47.3 Å². The van der Waals surface area contributed by atoms with Crippen molar-refractivity contribution in [2.45, 2.75) is 0 Å². The average Bonchev–Trinajstić information content (AvgIpc) is 3.06. The minimum atomic E-state index is -0.492. The fourth-order valence-corrected chi connectivity index (χ4v) is 3.52. The maximum atomic E-state index is 12.4. The molecule has 0 aliphatic heterocycles. The van der Waals surface area contributed by atoms with Gasteiger partial charge in [-0.15, -0.1) is 11.3 Å². The van der Waals surface area contributed by atoms with E-state index in [4.69, 9.17) is 4.74 Å². The molecule has 0 atom stereocenters. The van der Waals surface area contributed by atoms with E-state index >= 15 is 0 Å². The number of benzene rings is 2. The van der Waals surface area contributed by atoms with Gasteiger partial charge in [-0.1, -0.05) is 6.07 Å². The number of aromatic nitrogens is 1. The molecule has 1 aromatic heterocycles. The molecule has 0 fully saturated rings. The lowest BCUT2D eigenvalue weighted by Gasteiger charge is -2.02. The summed E-state index contributed by atoms with van der Waals surface area (Å²) in [6.45, 7) is 0. The number of nitro groups is 1. The zero-order chi connectivity index (χ0) is 21.0. The molecule has 0 spiro atoms. The number of methoxy groups -OCH3 is 1. The van der Waals surface area contributed by atoms with Crippen LogP contribution in [0.1, 0.15) is 15.9 Å². The van der Waals surface area contributed by atoms with E-state index in [-0.39, 0.29) is 17.0 Å². The number of ether oxygens (including phenoxy) is 1. The van der Waals surface area contributed by atoms with Gasteiger partial charge in [0.25, 0.3) is 11.2 Å². The van der Waals surface area contributed by atoms with E-state index in [1.807, 2.05) is 0 Å². The van der Waals surface area contributed by atoms with Gasteiger partial charge in [-0.2, -0.15) is 0 Å². The molecule has 0 saturated carbocycles. The summed E-state index contributed by atoms with van der Waals surface area (Å²) in [5, 5.41) is 13.9. The number of H-pyrrole nitrogens is 1. The van der Waals surface area contributed by atoms with Crippen molar-refractivity contribution in [2.24, 2.45) is 0 Å². The maximum absolute atomic E-state index is 12.4. The van der Waals surface area contributed by atoms with Crippen molar-refractivity contribution in [1.82, 2.24) is 4.98 Å². The largest absolute Gasteiger partial charge is 0.497 e. The van der Waals surface area contributed by atoms with Gasteiger partial charge in [0.15, 0.2) is 5.78 Å². The fourth-order valence-electron chi connectivity index (χ4n) is 2.63. The highest BCUT2D eigenvalue weighted by atomic mass is 32.1. The number of thiazole rings is 1. The number of nitro benzene ring substituents is 1. The van der Waals surface area contributed by atoms with Crippen LogP contribution < -0.4 is 24.8 Å². The minimum absolute atomic E-state index is 0.0873. The van der Waals surface area contributed by atoms with Gasteiger partial charge >= 0.3 is 0 Å². The molecule has 3 aromatic rings. The molecule has 148 valence electrons. The molecule has 8 nitrogen and oxygen atoms in total. The van der Waals surface area contributed by atoms with Crippen molar-refractivity contribution in [2.75, 3.05) is 19.5 Å². The molecule has 0 bridgehead atoms. The number of Topliss-reactive ketones (excluding diaryl/α,β-unsaturated/α-hetero) is 1. The van der Waals surface area contributed by atoms with E-state index in [1.54, 1.807) is 49.5 Å². The Balaban J connectivity index is 1.96. The van der Waals surface area contributed by atoms with E-state index in [2.05, 4.69) is 10.3 Å². The summed E-state index contributed by atoms with van der Waals surface area (Å²) in [6, 6.07) is 11.3. The van der Waals surface area contributed by atoms with Crippen molar-refractivity contribution in [1.29, 1.82) is 0 Å². The smallest absolute Gasteiger partial charge is 0.292 e. The van der Waals surface area contributed by atoms with Gasteiger partial charge in [-0.05, 0) is 42.0 Å². The van der Waals surface area contributed by atoms with Crippen molar-refractivity contribution >= 4 is 40.6 Å². The predicted molar refractivity (Wildman–Crippen MR) is 112 cm³/mol. The molecule has 2 N–H and O–H groups in total. The van der Waals surface area contributed by atoms with Crippen LogP contribution >= 0.6 is 11.3 Å². The number of nitrogens with zero attached hydrogens (tertiary/aromatic N) is 1. The molecular weight excluding hydrogens is 394 g/mol. The summed E-state index contributed by atoms with van der Waals surface area (Å²) in [5.41, 5.74) is 0.895. The third-order valence-corrected chi connectivity index (χ3v) is 5.07. The predicted octanol–water partition coefficient (Wildman–Crippen LogP) is 1.89. The molecule has 1 heterocycles. The average molecular weight is 411 g/mol. The number of carbonyl (C=O) groups is 1. The molecule has 0 aliphatic rings. The van der Waals surface area contributed by atoms with Gasteiger partial charge in [0.2, 0.25) is 0 Å². The number of aromatic amines is 1. The SMILES string of the molecule is CNc1ccc(/C=c2\s/c(=C\C(=O)c3ccc(OC)cc3)[nH]c2=O)cc1[N+](=O)[O-]. The fraction of sp³-hybridized carbons (Fsp3) is 0.100. The minimum Gasteiger partial charge on any atom is -0.497 e. The van der Waals surface area contributed by atoms with Crippen LogP contribution in [-0.4, -0.2) is 29.8 Å². The summed E-state index contributed by atoms with van der Waals surface area (Å²) in [6.07, 6.45) is 2.89. The standard InChI is InChI=1S/C20H17N3O5S/c1-21-15-8-3-12(9-16(15)23(26)27)10-18-20(25)22-19(29-18)11-17(24)13-4-6-14(28-2)7-5-13/h3-11,21H,1-2H3,(H,22,25)/b18-10-,19-11-. The highest BCUT2D eigenvalue weighted by molar-refractivity contribution is 7.07. The van der Waals surface area contributed by atoms with Crippen molar-refractivity contribution in [3.05, 3.63) is 83.3 Å². The third-order valence-electron chi connectivity index (χ3n) is 4.10. The molecule has 0 saturated heterocycles. The van der Waals surface area contributed by atoms with E-state index in [0.717, 1.165) is 11.3 Å².